The number of hydrogen-bond donors (Lipinski definition) is 2. The fourth-order valence-electron chi connectivity index (χ4n) is 9.49. The van der Waals surface area contributed by atoms with Crippen LogP contribution in [0.15, 0.2) is 127 Å². The Balaban J connectivity index is 1.27. The van der Waals surface area contributed by atoms with Crippen LogP contribution >= 0.6 is 11.6 Å². The highest BCUT2D eigenvalue weighted by Crippen LogP contribution is 2.65. The lowest BCUT2D eigenvalue weighted by atomic mass is 9.49. The van der Waals surface area contributed by atoms with Crippen molar-refractivity contribution < 1.29 is 24.3 Å². The minimum absolute atomic E-state index is 0.0985. The number of amides is 4. The van der Waals surface area contributed by atoms with Crippen LogP contribution in [-0.2, 0) is 24.6 Å². The van der Waals surface area contributed by atoms with Crippen molar-refractivity contribution in [3.63, 3.8) is 0 Å². The average molecular weight is 708 g/mol. The van der Waals surface area contributed by atoms with Crippen molar-refractivity contribution in [2.24, 2.45) is 23.7 Å². The number of allylic oxidation sites excluding steroid dienone is 2. The molecule has 0 radical (unpaired) electrons. The third-order valence-electron chi connectivity index (χ3n) is 11.7. The van der Waals surface area contributed by atoms with E-state index in [2.05, 4.69) is 5.43 Å². The first-order chi connectivity index (χ1) is 25.2. The number of nitrogens with one attached hydrogen (secondary N) is 1. The van der Waals surface area contributed by atoms with Crippen molar-refractivity contribution in [1.29, 1.82) is 0 Å². The second kappa shape index (κ2) is 11.9. The fourth-order valence-corrected chi connectivity index (χ4v) is 9.62. The first-order valence-electron chi connectivity index (χ1n) is 17.5. The molecule has 0 aromatic heterocycles. The van der Waals surface area contributed by atoms with E-state index in [1.807, 2.05) is 97.9 Å². The van der Waals surface area contributed by atoms with E-state index in [0.29, 0.717) is 33.8 Å². The maximum absolute atomic E-state index is 15.4. The SMILES string of the molecule is Cc1ccc(NN2C(=O)C3CC4C(=CCC5C(=O)N(c6ccc(Cl)cc6)C(=O)C54)C(c4ccc(O)c5ccccc45)C3(c3ccccc3)C2=O)cc1. The Labute approximate surface area is 305 Å². The molecule has 8 nitrogen and oxygen atoms in total. The van der Waals surface area contributed by atoms with Gasteiger partial charge in [-0.2, -0.15) is 5.01 Å². The molecular weight excluding hydrogens is 674 g/mol. The van der Waals surface area contributed by atoms with E-state index < -0.39 is 46.8 Å². The number of imide groups is 2. The topological polar surface area (TPSA) is 107 Å². The predicted octanol–water partition coefficient (Wildman–Crippen LogP) is 7.70. The molecule has 4 amide bonds. The maximum Gasteiger partial charge on any atom is 0.260 e. The summed E-state index contributed by atoms with van der Waals surface area (Å²) < 4.78 is 0. The Morgan fingerprint density at radius 2 is 1.44 bits per heavy atom. The van der Waals surface area contributed by atoms with E-state index in [1.165, 1.54) is 4.90 Å². The van der Waals surface area contributed by atoms with Gasteiger partial charge in [-0.15, -0.1) is 0 Å². The largest absolute Gasteiger partial charge is 0.507 e. The first-order valence-corrected chi connectivity index (χ1v) is 17.9. The van der Waals surface area contributed by atoms with Crippen LogP contribution in [-0.4, -0.2) is 33.7 Å². The zero-order chi connectivity index (χ0) is 35.9. The summed E-state index contributed by atoms with van der Waals surface area (Å²) in [6.07, 6.45) is 2.54. The minimum Gasteiger partial charge on any atom is -0.507 e. The van der Waals surface area contributed by atoms with Crippen molar-refractivity contribution in [3.8, 4) is 5.75 Å². The quantitative estimate of drug-likeness (QED) is 0.143. The number of carbonyl (C=O) groups excluding carboxylic acids is 4. The summed E-state index contributed by atoms with van der Waals surface area (Å²) in [5, 5.41) is 14.0. The Bertz CT molecular complexity index is 2340. The average Bonchev–Trinajstić information content (AvgIpc) is 3.54. The van der Waals surface area contributed by atoms with Crippen molar-refractivity contribution in [2.75, 3.05) is 10.3 Å². The normalized spacial score (nSPS) is 26.7. The number of phenols is 1. The first kappa shape index (κ1) is 32.2. The second-order valence-electron chi connectivity index (χ2n) is 14.3. The van der Waals surface area contributed by atoms with Crippen LogP contribution in [0.1, 0.15) is 35.4 Å². The summed E-state index contributed by atoms with van der Waals surface area (Å²) in [6.45, 7) is 1.97. The molecule has 258 valence electrons. The van der Waals surface area contributed by atoms with Crippen LogP contribution in [0.5, 0.6) is 5.75 Å². The predicted molar refractivity (Wildman–Crippen MR) is 198 cm³/mol. The van der Waals surface area contributed by atoms with Gasteiger partial charge in [0.25, 0.3) is 11.8 Å². The molecule has 9 heteroatoms. The Morgan fingerprint density at radius 1 is 0.750 bits per heavy atom. The highest BCUT2D eigenvalue weighted by molar-refractivity contribution is 6.31. The molecule has 9 rings (SSSR count). The number of benzene rings is 5. The molecule has 2 saturated heterocycles. The third-order valence-corrected chi connectivity index (χ3v) is 12.0. The molecule has 2 heterocycles. The third kappa shape index (κ3) is 4.53. The molecule has 0 spiro atoms. The number of hydrogen-bond acceptors (Lipinski definition) is 6. The number of carbonyl (C=O) groups is 4. The number of fused-ring (bicyclic) bond motifs is 5. The number of phenolic OH excluding ortho intramolecular Hbond substituents is 1. The van der Waals surface area contributed by atoms with Gasteiger partial charge in [0.05, 0.1) is 34.5 Å². The molecule has 6 atom stereocenters. The molecule has 3 fully saturated rings. The van der Waals surface area contributed by atoms with Crippen molar-refractivity contribution in [3.05, 3.63) is 149 Å². The lowest BCUT2D eigenvalue weighted by Crippen LogP contribution is -2.53. The van der Waals surface area contributed by atoms with Crippen LogP contribution in [0.25, 0.3) is 10.8 Å². The van der Waals surface area contributed by atoms with Gasteiger partial charge in [0.1, 0.15) is 5.75 Å². The summed E-state index contributed by atoms with van der Waals surface area (Å²) in [5.74, 6) is -4.74. The van der Waals surface area contributed by atoms with E-state index >= 15 is 4.79 Å². The van der Waals surface area contributed by atoms with Crippen LogP contribution in [0.4, 0.5) is 11.4 Å². The highest BCUT2D eigenvalue weighted by Gasteiger charge is 2.70. The molecule has 2 aliphatic carbocycles. The zero-order valence-electron chi connectivity index (χ0n) is 28.2. The number of nitrogens with zero attached hydrogens (tertiary/aromatic N) is 2. The van der Waals surface area contributed by atoms with Crippen LogP contribution in [0.3, 0.4) is 0 Å². The molecular formula is C43H34ClN3O5. The molecule has 0 bridgehead atoms. The van der Waals surface area contributed by atoms with Gasteiger partial charge in [-0.3, -0.25) is 29.5 Å². The van der Waals surface area contributed by atoms with E-state index in [1.54, 1.807) is 30.3 Å². The number of aryl methyl sites for hydroxylation is 1. The molecule has 5 aromatic carbocycles. The Kier molecular flexibility index (Phi) is 7.38. The summed E-state index contributed by atoms with van der Waals surface area (Å²) >= 11 is 6.16. The molecule has 5 aromatic rings. The number of aromatic hydroxyl groups is 1. The standard InChI is InChI=1S/C43H34ClN3O5/c1-24-11-15-27(16-12-24)45-47-40(50)35-23-34-32(19-20-33-37(34)41(51)46(39(33)49)28-17-13-26(44)14-18-28)38(43(35,42(47)52)25-7-3-2-4-8-25)31-21-22-36(48)30-10-6-5-9-29(30)31/h2-19,21-22,33-35,37-38,45,48H,20,23H2,1H3. The lowest BCUT2D eigenvalue weighted by molar-refractivity contribution is -0.138. The van der Waals surface area contributed by atoms with Crippen molar-refractivity contribution in [1.82, 2.24) is 5.01 Å². The molecule has 1 saturated carbocycles. The maximum atomic E-state index is 15.4. The number of halogens is 1. The molecule has 52 heavy (non-hydrogen) atoms. The highest BCUT2D eigenvalue weighted by atomic mass is 35.5. The van der Waals surface area contributed by atoms with E-state index in [0.717, 1.165) is 27.1 Å². The van der Waals surface area contributed by atoms with Crippen LogP contribution < -0.4 is 10.3 Å². The van der Waals surface area contributed by atoms with Gasteiger partial charge in [-0.1, -0.05) is 102 Å². The summed E-state index contributed by atoms with van der Waals surface area (Å²) in [4.78, 5) is 60.2. The number of hydrazine groups is 1. The Morgan fingerprint density at radius 3 is 2.17 bits per heavy atom. The number of rotatable bonds is 5. The minimum atomic E-state index is -1.41. The van der Waals surface area contributed by atoms with E-state index in [-0.39, 0.29) is 24.0 Å². The second-order valence-corrected chi connectivity index (χ2v) is 14.7. The summed E-state index contributed by atoms with van der Waals surface area (Å²) in [7, 11) is 0. The smallest absolute Gasteiger partial charge is 0.260 e. The van der Waals surface area contributed by atoms with E-state index in [9.17, 15) is 19.5 Å². The van der Waals surface area contributed by atoms with Gasteiger partial charge in [0.15, 0.2) is 0 Å². The van der Waals surface area contributed by atoms with Crippen molar-refractivity contribution >= 4 is 57.4 Å². The number of anilines is 2. The van der Waals surface area contributed by atoms with E-state index in [4.69, 9.17) is 11.6 Å². The van der Waals surface area contributed by atoms with Gasteiger partial charge in [-0.05, 0) is 84.7 Å². The van der Waals surface area contributed by atoms with Gasteiger partial charge in [-0.25, -0.2) is 0 Å². The molecule has 4 aliphatic rings. The van der Waals surface area contributed by atoms with Crippen LogP contribution in [0, 0.1) is 30.6 Å². The van der Waals surface area contributed by atoms with Gasteiger partial charge < -0.3 is 5.11 Å². The molecule has 2 N–H and O–H groups in total. The van der Waals surface area contributed by atoms with Crippen molar-refractivity contribution in [2.45, 2.75) is 31.1 Å². The van der Waals surface area contributed by atoms with Crippen LogP contribution in [0.2, 0.25) is 5.02 Å². The molecule has 6 unspecified atom stereocenters. The fraction of sp³-hybridized carbons (Fsp3) is 0.209. The molecule has 2 aliphatic heterocycles. The van der Waals surface area contributed by atoms with Gasteiger partial charge in [0, 0.05) is 16.3 Å². The monoisotopic (exact) mass is 707 g/mol. The Hall–Kier alpha value is -5.73. The summed E-state index contributed by atoms with van der Waals surface area (Å²) in [5.41, 5.74) is 6.12. The zero-order valence-corrected chi connectivity index (χ0v) is 29.0. The van der Waals surface area contributed by atoms with Gasteiger partial charge in [0.2, 0.25) is 11.8 Å². The van der Waals surface area contributed by atoms with Gasteiger partial charge >= 0.3 is 0 Å². The lowest BCUT2D eigenvalue weighted by Gasteiger charge is -2.51. The summed E-state index contributed by atoms with van der Waals surface area (Å²) in [6, 6.07) is 34.6.